The quantitative estimate of drug-likeness (QED) is 0.557. The minimum absolute atomic E-state index is 0.00452. The second-order valence-corrected chi connectivity index (χ2v) is 11.0. The number of ether oxygens (including phenoxy) is 1. The van der Waals surface area contributed by atoms with Crippen LogP contribution in [-0.2, 0) is 9.59 Å². The number of likely N-dealkylation sites (tertiary alicyclic amines) is 1. The lowest BCUT2D eigenvalue weighted by Crippen LogP contribution is -2.56. The van der Waals surface area contributed by atoms with Crippen LogP contribution in [0, 0.1) is 17.8 Å². The molecule has 3 aliphatic rings. The number of carbonyl (C=O) groups is 2. The third-order valence-electron chi connectivity index (χ3n) is 8.82. The number of rotatable bonds is 7. The van der Waals surface area contributed by atoms with Crippen LogP contribution in [0.15, 0.2) is 42.5 Å². The molecule has 188 valence electrons. The van der Waals surface area contributed by atoms with Crippen molar-refractivity contribution in [3.8, 4) is 5.75 Å². The number of amides is 2. The minimum Gasteiger partial charge on any atom is -0.488 e. The molecule has 2 aromatic carbocycles. The van der Waals surface area contributed by atoms with E-state index in [4.69, 9.17) is 4.74 Å². The van der Waals surface area contributed by atoms with E-state index in [2.05, 4.69) is 40.5 Å². The monoisotopic (exact) mass is 476 g/mol. The van der Waals surface area contributed by atoms with Gasteiger partial charge in [-0.3, -0.25) is 9.59 Å². The second-order valence-electron chi connectivity index (χ2n) is 11.0. The topological polar surface area (TPSA) is 58.6 Å². The van der Waals surface area contributed by atoms with Crippen LogP contribution in [0.2, 0.25) is 0 Å². The molecule has 5 rings (SSSR count). The molecule has 3 fully saturated rings. The summed E-state index contributed by atoms with van der Waals surface area (Å²) in [5, 5.41) is 5.58. The van der Waals surface area contributed by atoms with Gasteiger partial charge in [-0.1, -0.05) is 63.4 Å². The van der Waals surface area contributed by atoms with Gasteiger partial charge in [0.25, 0.3) is 0 Å². The predicted molar refractivity (Wildman–Crippen MR) is 139 cm³/mol. The van der Waals surface area contributed by atoms with Gasteiger partial charge in [0.15, 0.2) is 0 Å². The summed E-state index contributed by atoms with van der Waals surface area (Å²) in [6.45, 7) is 4.75. The number of hydrogen-bond donors (Lipinski definition) is 1. The molecule has 0 unspecified atom stereocenters. The van der Waals surface area contributed by atoms with E-state index in [9.17, 15) is 9.59 Å². The Morgan fingerprint density at radius 3 is 2.54 bits per heavy atom. The van der Waals surface area contributed by atoms with Crippen molar-refractivity contribution in [2.24, 2.45) is 17.8 Å². The van der Waals surface area contributed by atoms with Crippen molar-refractivity contribution < 1.29 is 14.3 Å². The zero-order chi connectivity index (χ0) is 24.4. The first kappa shape index (κ1) is 24.1. The number of fused-ring (bicyclic) bond motifs is 2. The Balaban J connectivity index is 1.34. The lowest BCUT2D eigenvalue weighted by molar-refractivity contribution is -0.141. The van der Waals surface area contributed by atoms with Gasteiger partial charge in [-0.15, -0.1) is 0 Å². The number of carbonyl (C=O) groups excluding carboxylic acids is 2. The first-order chi connectivity index (χ1) is 17.0. The molecule has 2 aliphatic carbocycles. The van der Waals surface area contributed by atoms with Gasteiger partial charge in [-0.05, 0) is 73.3 Å². The Hall–Kier alpha value is -2.56. The Labute approximate surface area is 209 Å². The maximum atomic E-state index is 14.1. The second kappa shape index (κ2) is 10.6. The zero-order valence-corrected chi connectivity index (χ0v) is 21.2. The van der Waals surface area contributed by atoms with Crippen molar-refractivity contribution in [2.75, 3.05) is 6.54 Å². The molecule has 5 heteroatoms. The van der Waals surface area contributed by atoms with Crippen LogP contribution in [0.25, 0.3) is 10.8 Å². The average Bonchev–Trinajstić information content (AvgIpc) is 3.49. The van der Waals surface area contributed by atoms with Gasteiger partial charge < -0.3 is 15.0 Å². The molecule has 0 radical (unpaired) electrons. The van der Waals surface area contributed by atoms with E-state index in [0.29, 0.717) is 5.92 Å². The van der Waals surface area contributed by atoms with Crippen molar-refractivity contribution in [2.45, 2.75) is 89.8 Å². The summed E-state index contributed by atoms with van der Waals surface area (Å²) in [6.07, 6.45) is 9.46. The van der Waals surface area contributed by atoms with Crippen molar-refractivity contribution in [1.29, 1.82) is 0 Å². The number of benzene rings is 2. The third kappa shape index (κ3) is 5.05. The molecule has 5 atom stereocenters. The maximum absolute atomic E-state index is 14.1. The lowest BCUT2D eigenvalue weighted by Gasteiger charge is -2.37. The summed E-state index contributed by atoms with van der Waals surface area (Å²) in [6, 6.07) is 14.3. The fourth-order valence-electron chi connectivity index (χ4n) is 6.56. The summed E-state index contributed by atoms with van der Waals surface area (Å²) in [7, 11) is 0. The van der Waals surface area contributed by atoms with Gasteiger partial charge in [0.05, 0.1) is 6.04 Å². The van der Waals surface area contributed by atoms with Gasteiger partial charge in [-0.2, -0.15) is 0 Å². The van der Waals surface area contributed by atoms with E-state index in [0.717, 1.165) is 63.7 Å². The minimum atomic E-state index is -0.405. The standard InChI is InChI=1S/C30H40N2O3/c1-3-20(2)29(33)31-27(22-10-5-4-6-11-22)30(34)32-18-17-23-14-16-26(28(23)32)35-25-15-13-21-9-7-8-12-24(21)19-25/h7-9,12-13,15,19-20,22-23,26-28H,3-6,10-11,14,16-18H2,1-2H3,(H,31,33)/t20-,23-,26+,27+,28+/m1/s1. The first-order valence-corrected chi connectivity index (χ1v) is 13.8. The molecular weight excluding hydrogens is 436 g/mol. The summed E-state index contributed by atoms with van der Waals surface area (Å²) in [4.78, 5) is 29.0. The molecule has 2 aromatic rings. The van der Waals surface area contributed by atoms with Crippen LogP contribution in [0.5, 0.6) is 5.75 Å². The molecular formula is C30H40N2O3. The number of nitrogens with zero attached hydrogens (tertiary/aromatic N) is 1. The van der Waals surface area contributed by atoms with Crippen molar-refractivity contribution >= 4 is 22.6 Å². The van der Waals surface area contributed by atoms with Crippen molar-refractivity contribution in [3.05, 3.63) is 42.5 Å². The van der Waals surface area contributed by atoms with Crippen LogP contribution in [-0.4, -0.2) is 41.4 Å². The van der Waals surface area contributed by atoms with Crippen LogP contribution in [0.4, 0.5) is 0 Å². The highest BCUT2D eigenvalue weighted by Gasteiger charge is 2.49. The molecule has 1 heterocycles. The molecule has 2 amide bonds. The van der Waals surface area contributed by atoms with E-state index < -0.39 is 6.04 Å². The normalized spacial score (nSPS) is 26.3. The number of nitrogens with one attached hydrogen (secondary N) is 1. The van der Waals surface area contributed by atoms with Gasteiger partial charge in [-0.25, -0.2) is 0 Å². The fraction of sp³-hybridized carbons (Fsp3) is 0.600. The van der Waals surface area contributed by atoms with E-state index >= 15 is 0 Å². The molecule has 0 spiro atoms. The van der Waals surface area contributed by atoms with Gasteiger partial charge in [0, 0.05) is 12.5 Å². The molecule has 1 N–H and O–H groups in total. The first-order valence-electron chi connectivity index (χ1n) is 13.8. The molecule has 0 aromatic heterocycles. The SMILES string of the molecule is CC[C@@H](C)C(=O)N[C@H](C(=O)N1CC[C@H]2CC[C@H](Oc3ccc4ccccc4c3)[C@H]21)C1CCCCC1. The Kier molecular flexibility index (Phi) is 7.31. The summed E-state index contributed by atoms with van der Waals surface area (Å²) in [5.74, 6) is 1.67. The molecule has 1 aliphatic heterocycles. The van der Waals surface area contributed by atoms with Crippen LogP contribution < -0.4 is 10.1 Å². The van der Waals surface area contributed by atoms with Crippen molar-refractivity contribution in [3.63, 3.8) is 0 Å². The highest BCUT2D eigenvalue weighted by atomic mass is 16.5. The van der Waals surface area contributed by atoms with E-state index in [-0.39, 0.29) is 35.8 Å². The number of hydrogen-bond acceptors (Lipinski definition) is 3. The van der Waals surface area contributed by atoms with Gasteiger partial charge in [0.1, 0.15) is 17.9 Å². The van der Waals surface area contributed by atoms with Gasteiger partial charge >= 0.3 is 0 Å². The van der Waals surface area contributed by atoms with Crippen molar-refractivity contribution in [1.82, 2.24) is 10.2 Å². The molecule has 1 saturated heterocycles. The molecule has 5 nitrogen and oxygen atoms in total. The maximum Gasteiger partial charge on any atom is 0.245 e. The fourth-order valence-corrected chi connectivity index (χ4v) is 6.56. The van der Waals surface area contributed by atoms with Crippen LogP contribution >= 0.6 is 0 Å². The largest absolute Gasteiger partial charge is 0.488 e. The average molecular weight is 477 g/mol. The Morgan fingerprint density at radius 2 is 1.77 bits per heavy atom. The smallest absolute Gasteiger partial charge is 0.245 e. The summed E-state index contributed by atoms with van der Waals surface area (Å²) in [5.41, 5.74) is 0. The summed E-state index contributed by atoms with van der Waals surface area (Å²) >= 11 is 0. The predicted octanol–water partition coefficient (Wildman–Crippen LogP) is 5.71. The highest BCUT2D eigenvalue weighted by molar-refractivity contribution is 5.89. The third-order valence-corrected chi connectivity index (χ3v) is 8.82. The summed E-state index contributed by atoms with van der Waals surface area (Å²) < 4.78 is 6.56. The van der Waals surface area contributed by atoms with E-state index in [1.54, 1.807) is 0 Å². The van der Waals surface area contributed by atoms with Gasteiger partial charge in [0.2, 0.25) is 11.8 Å². The zero-order valence-electron chi connectivity index (χ0n) is 21.2. The van der Waals surface area contributed by atoms with Crippen LogP contribution in [0.3, 0.4) is 0 Å². The molecule has 0 bridgehead atoms. The molecule has 2 saturated carbocycles. The molecule has 35 heavy (non-hydrogen) atoms. The lowest BCUT2D eigenvalue weighted by atomic mass is 9.83. The van der Waals surface area contributed by atoms with Crippen LogP contribution in [0.1, 0.15) is 71.6 Å². The van der Waals surface area contributed by atoms with E-state index in [1.807, 2.05) is 26.0 Å². The Morgan fingerprint density at radius 1 is 1.00 bits per heavy atom. The van der Waals surface area contributed by atoms with E-state index in [1.165, 1.54) is 17.2 Å². The highest BCUT2D eigenvalue weighted by Crippen LogP contribution is 2.41. The Bertz CT molecular complexity index is 1050.